The van der Waals surface area contributed by atoms with E-state index in [4.69, 9.17) is 38.4 Å². The van der Waals surface area contributed by atoms with Crippen molar-refractivity contribution in [3.63, 3.8) is 0 Å². The van der Waals surface area contributed by atoms with Crippen molar-refractivity contribution >= 4 is 23.8 Å². The molecule has 34 heavy (non-hydrogen) atoms. The second-order valence-electron chi connectivity index (χ2n) is 8.05. The summed E-state index contributed by atoms with van der Waals surface area (Å²) in [4.78, 5) is 2.30. The lowest BCUT2D eigenvalue weighted by molar-refractivity contribution is 0.0210. The number of rotatable bonds is 7. The first-order chi connectivity index (χ1) is 16.7. The van der Waals surface area contributed by atoms with Crippen LogP contribution in [0.4, 0.5) is 0 Å². The van der Waals surface area contributed by atoms with Gasteiger partial charge in [-0.05, 0) is 54.7 Å². The van der Waals surface area contributed by atoms with Crippen LogP contribution < -0.4 is 4.74 Å². The summed E-state index contributed by atoms with van der Waals surface area (Å²) in [5.74, 6) is 1.56. The van der Waals surface area contributed by atoms with Gasteiger partial charge in [0.15, 0.2) is 5.82 Å². The average Bonchev–Trinajstić information content (AvgIpc) is 3.20. The number of benzene rings is 3. The molecule has 0 N–H and O–H groups in total. The summed E-state index contributed by atoms with van der Waals surface area (Å²) in [5, 5.41) is 5.62. The van der Waals surface area contributed by atoms with Gasteiger partial charge in [-0.2, -0.15) is 0 Å². The van der Waals surface area contributed by atoms with Crippen molar-refractivity contribution in [1.29, 1.82) is 0 Å². The third-order valence-electron chi connectivity index (χ3n) is 5.76. The predicted molar refractivity (Wildman–Crippen MR) is 136 cm³/mol. The van der Waals surface area contributed by atoms with Crippen LogP contribution in [-0.4, -0.2) is 45.6 Å². The highest BCUT2D eigenvalue weighted by Gasteiger charge is 2.18. The van der Waals surface area contributed by atoms with E-state index in [2.05, 4.69) is 4.90 Å². The molecule has 1 saturated heterocycles. The van der Waals surface area contributed by atoms with Crippen LogP contribution in [0.15, 0.2) is 78.9 Å². The molecule has 0 saturated carbocycles. The van der Waals surface area contributed by atoms with Crippen LogP contribution in [0.5, 0.6) is 5.75 Å². The van der Waals surface area contributed by atoms with Gasteiger partial charge in [0.2, 0.25) is 4.77 Å². The number of para-hydroxylation sites is 1. The zero-order valence-corrected chi connectivity index (χ0v) is 20.2. The molecule has 8 heteroatoms. The smallest absolute Gasteiger partial charge is 0.204 e. The standard InChI is InChI=1S/C26H25ClN4O2S/c27-24-9-5-4-6-21(24)18-33-23-12-10-20(11-13-23)25-28-30(19-29-14-16-32-17-15-29)26(34)31(25)22-7-2-1-3-8-22/h1-13H,14-19H2. The Hall–Kier alpha value is -2.97. The quantitative estimate of drug-likeness (QED) is 0.314. The first-order valence-electron chi connectivity index (χ1n) is 11.2. The fraction of sp³-hybridized carbons (Fsp3) is 0.231. The van der Waals surface area contributed by atoms with Crippen LogP contribution in [0.3, 0.4) is 0 Å². The van der Waals surface area contributed by atoms with Crippen molar-refractivity contribution < 1.29 is 9.47 Å². The molecule has 1 aromatic heterocycles. The molecule has 5 rings (SSSR count). The van der Waals surface area contributed by atoms with Gasteiger partial charge in [0.25, 0.3) is 0 Å². The van der Waals surface area contributed by atoms with Gasteiger partial charge in [0.1, 0.15) is 12.4 Å². The van der Waals surface area contributed by atoms with Gasteiger partial charge in [-0.3, -0.25) is 9.47 Å². The summed E-state index contributed by atoms with van der Waals surface area (Å²) in [5.41, 5.74) is 2.89. The van der Waals surface area contributed by atoms with Crippen LogP contribution in [0, 0.1) is 4.77 Å². The number of nitrogens with zero attached hydrogens (tertiary/aromatic N) is 4. The van der Waals surface area contributed by atoms with E-state index in [1.54, 1.807) is 0 Å². The molecule has 0 radical (unpaired) electrons. The normalized spacial score (nSPS) is 14.3. The van der Waals surface area contributed by atoms with Gasteiger partial charge < -0.3 is 9.47 Å². The Morgan fingerprint density at radius 3 is 2.35 bits per heavy atom. The number of halogens is 1. The van der Waals surface area contributed by atoms with Gasteiger partial charge in [-0.25, -0.2) is 4.68 Å². The van der Waals surface area contributed by atoms with Crippen molar-refractivity contribution in [3.8, 4) is 22.8 Å². The van der Waals surface area contributed by atoms with Crippen LogP contribution in [0.1, 0.15) is 5.56 Å². The second-order valence-corrected chi connectivity index (χ2v) is 8.83. The first-order valence-corrected chi connectivity index (χ1v) is 12.0. The van der Waals surface area contributed by atoms with Gasteiger partial charge in [-0.1, -0.05) is 48.0 Å². The van der Waals surface area contributed by atoms with Crippen molar-refractivity contribution in [2.24, 2.45) is 0 Å². The lowest BCUT2D eigenvalue weighted by Crippen LogP contribution is -2.37. The van der Waals surface area contributed by atoms with E-state index in [0.29, 0.717) is 23.1 Å². The molecular formula is C26H25ClN4O2S. The van der Waals surface area contributed by atoms with E-state index in [1.807, 2.05) is 88.1 Å². The highest BCUT2D eigenvalue weighted by atomic mass is 35.5. The van der Waals surface area contributed by atoms with Crippen molar-refractivity contribution in [3.05, 3.63) is 94.2 Å². The molecule has 1 aliphatic heterocycles. The van der Waals surface area contributed by atoms with Crippen LogP contribution in [0.2, 0.25) is 5.02 Å². The lowest BCUT2D eigenvalue weighted by Gasteiger charge is -2.26. The molecule has 0 aliphatic carbocycles. The number of hydrogen-bond donors (Lipinski definition) is 0. The van der Waals surface area contributed by atoms with Crippen molar-refractivity contribution in [2.75, 3.05) is 26.3 Å². The number of hydrogen-bond acceptors (Lipinski definition) is 5. The summed E-state index contributed by atoms with van der Waals surface area (Å²) in [7, 11) is 0. The number of morpholine rings is 1. The van der Waals surface area contributed by atoms with E-state index in [0.717, 1.165) is 54.7 Å². The Morgan fingerprint density at radius 2 is 1.62 bits per heavy atom. The summed E-state index contributed by atoms with van der Waals surface area (Å²) >= 11 is 12.1. The molecule has 0 unspecified atom stereocenters. The van der Waals surface area contributed by atoms with Gasteiger partial charge >= 0.3 is 0 Å². The van der Waals surface area contributed by atoms with E-state index in [1.165, 1.54) is 0 Å². The predicted octanol–water partition coefficient (Wildman–Crippen LogP) is 5.59. The monoisotopic (exact) mass is 492 g/mol. The largest absolute Gasteiger partial charge is 0.489 e. The second kappa shape index (κ2) is 10.5. The molecule has 0 bridgehead atoms. The highest BCUT2D eigenvalue weighted by molar-refractivity contribution is 7.71. The number of ether oxygens (including phenoxy) is 2. The molecule has 1 fully saturated rings. The molecule has 0 atom stereocenters. The van der Waals surface area contributed by atoms with Crippen LogP contribution in [0.25, 0.3) is 17.1 Å². The fourth-order valence-electron chi connectivity index (χ4n) is 3.91. The third kappa shape index (κ3) is 5.08. The van der Waals surface area contributed by atoms with Gasteiger partial charge in [0, 0.05) is 34.9 Å². The minimum absolute atomic E-state index is 0.410. The highest BCUT2D eigenvalue weighted by Crippen LogP contribution is 2.26. The molecule has 2 heterocycles. The van der Waals surface area contributed by atoms with E-state index in [-0.39, 0.29) is 0 Å². The minimum Gasteiger partial charge on any atom is -0.489 e. The summed E-state index contributed by atoms with van der Waals surface area (Å²) in [6.07, 6.45) is 0. The van der Waals surface area contributed by atoms with Crippen LogP contribution in [-0.2, 0) is 18.0 Å². The zero-order valence-electron chi connectivity index (χ0n) is 18.6. The molecule has 6 nitrogen and oxygen atoms in total. The average molecular weight is 493 g/mol. The van der Waals surface area contributed by atoms with Gasteiger partial charge in [-0.15, -0.1) is 5.10 Å². The molecule has 174 valence electrons. The summed E-state index contributed by atoms with van der Waals surface area (Å²) < 4.78 is 16.0. The van der Waals surface area contributed by atoms with Gasteiger partial charge in [0.05, 0.1) is 19.9 Å². The molecule has 3 aromatic carbocycles. The minimum atomic E-state index is 0.410. The van der Waals surface area contributed by atoms with Crippen LogP contribution >= 0.6 is 23.8 Å². The first kappa shape index (κ1) is 22.8. The maximum atomic E-state index is 6.24. The van der Waals surface area contributed by atoms with E-state index >= 15 is 0 Å². The fourth-order valence-corrected chi connectivity index (χ4v) is 4.39. The maximum absolute atomic E-state index is 6.24. The zero-order chi connectivity index (χ0) is 23.3. The van der Waals surface area contributed by atoms with E-state index in [9.17, 15) is 0 Å². The van der Waals surface area contributed by atoms with Crippen molar-refractivity contribution in [2.45, 2.75) is 13.3 Å². The van der Waals surface area contributed by atoms with Crippen molar-refractivity contribution in [1.82, 2.24) is 19.2 Å². The summed E-state index contributed by atoms with van der Waals surface area (Å²) in [6.45, 7) is 4.24. The Balaban J connectivity index is 1.43. The molecule has 0 amide bonds. The summed E-state index contributed by atoms with van der Waals surface area (Å²) in [6, 6.07) is 25.7. The van der Waals surface area contributed by atoms with E-state index < -0.39 is 0 Å². The Labute approximate surface area is 208 Å². The Bertz CT molecular complexity index is 1300. The topological polar surface area (TPSA) is 44.4 Å². The lowest BCUT2D eigenvalue weighted by atomic mass is 10.2. The maximum Gasteiger partial charge on any atom is 0.204 e. The Morgan fingerprint density at radius 1 is 0.912 bits per heavy atom. The molecular weight excluding hydrogens is 468 g/mol. The molecule has 0 spiro atoms. The third-order valence-corrected chi connectivity index (χ3v) is 6.52. The Kier molecular flexibility index (Phi) is 7.06. The number of aromatic nitrogens is 3. The SMILES string of the molecule is S=c1n(CN2CCOCC2)nc(-c2ccc(OCc3ccccc3Cl)cc2)n1-c1ccccc1. The molecule has 1 aliphatic rings. The molecule has 4 aromatic rings.